The average Bonchev–Trinajstić information content (AvgIpc) is 3.11. The highest BCUT2D eigenvalue weighted by atomic mass is 31.2. The fourth-order valence-electron chi connectivity index (χ4n) is 4.75. The molecule has 0 saturated heterocycles. The van der Waals surface area contributed by atoms with Gasteiger partial charge in [-0.3, -0.25) is 4.67 Å². The maximum atomic E-state index is 14.7. The summed E-state index contributed by atoms with van der Waals surface area (Å²) in [5, 5.41) is 4.75. The van der Waals surface area contributed by atoms with Gasteiger partial charge >= 0.3 is 0 Å². The number of benzene rings is 4. The molecule has 1 heterocycles. The van der Waals surface area contributed by atoms with Gasteiger partial charge in [-0.1, -0.05) is 97.1 Å². The second-order valence-corrected chi connectivity index (χ2v) is 11.2. The molecule has 0 amide bonds. The van der Waals surface area contributed by atoms with Gasteiger partial charge in [-0.25, -0.2) is 0 Å². The van der Waals surface area contributed by atoms with Gasteiger partial charge < -0.3 is 4.57 Å². The van der Waals surface area contributed by atoms with Crippen molar-refractivity contribution in [1.82, 2.24) is 4.67 Å². The van der Waals surface area contributed by atoms with Gasteiger partial charge in [0, 0.05) is 0 Å². The van der Waals surface area contributed by atoms with E-state index < -0.39 is 7.29 Å². The molecular formula is C26H24NOP. The van der Waals surface area contributed by atoms with E-state index in [9.17, 15) is 4.57 Å². The summed E-state index contributed by atoms with van der Waals surface area (Å²) in [4.78, 5) is 0. The van der Waals surface area contributed by atoms with E-state index in [2.05, 4.69) is 97.1 Å². The molecule has 5 rings (SSSR count). The summed E-state index contributed by atoms with van der Waals surface area (Å²) in [6, 6.07) is 29.5. The summed E-state index contributed by atoms with van der Waals surface area (Å²) in [5.74, 6) is 0. The zero-order chi connectivity index (χ0) is 20.0. The second kappa shape index (κ2) is 6.99. The van der Waals surface area contributed by atoms with Crippen molar-refractivity contribution >= 4 is 28.8 Å². The number of hydrogen-bond acceptors (Lipinski definition) is 1. The summed E-state index contributed by atoms with van der Waals surface area (Å²) >= 11 is 0. The average molecular weight is 397 g/mol. The molecule has 3 atom stereocenters. The van der Waals surface area contributed by atoms with Crippen LogP contribution in [-0.4, -0.2) is 18.8 Å². The third-order valence-electron chi connectivity index (χ3n) is 6.18. The van der Waals surface area contributed by atoms with Crippen LogP contribution in [0.3, 0.4) is 0 Å². The van der Waals surface area contributed by atoms with Gasteiger partial charge in [-0.15, -0.1) is 0 Å². The number of hydrogen-bond donors (Lipinski definition) is 0. The Morgan fingerprint density at radius 3 is 1.48 bits per heavy atom. The SMILES string of the molecule is CN(C)[P@@]1(=O)[C@@H](c2cccc3ccccc23)C=C[C@H]1c1cccc2ccccc12. The lowest BCUT2D eigenvalue weighted by molar-refractivity contribution is 0.505. The molecule has 0 fully saturated rings. The van der Waals surface area contributed by atoms with Crippen LogP contribution < -0.4 is 0 Å². The fourth-order valence-corrected chi connectivity index (χ4v) is 8.03. The van der Waals surface area contributed by atoms with Crippen molar-refractivity contribution in [2.45, 2.75) is 11.3 Å². The van der Waals surface area contributed by atoms with Crippen LogP contribution in [0.15, 0.2) is 97.1 Å². The minimum atomic E-state index is -2.79. The summed E-state index contributed by atoms with van der Waals surface area (Å²) in [6.07, 6.45) is 4.35. The van der Waals surface area contributed by atoms with E-state index in [-0.39, 0.29) is 11.3 Å². The van der Waals surface area contributed by atoms with Crippen molar-refractivity contribution < 1.29 is 4.57 Å². The van der Waals surface area contributed by atoms with Crippen molar-refractivity contribution in [2.24, 2.45) is 0 Å². The van der Waals surface area contributed by atoms with E-state index in [1.54, 1.807) is 0 Å². The molecule has 0 N–H and O–H groups in total. The van der Waals surface area contributed by atoms with E-state index in [4.69, 9.17) is 0 Å². The van der Waals surface area contributed by atoms with Gasteiger partial charge in [0.2, 0.25) is 0 Å². The molecule has 0 bridgehead atoms. The Kier molecular flexibility index (Phi) is 4.42. The molecule has 0 aliphatic carbocycles. The molecule has 0 saturated carbocycles. The molecule has 0 spiro atoms. The van der Waals surface area contributed by atoms with Crippen molar-refractivity contribution in [1.29, 1.82) is 0 Å². The standard InChI is InChI=1S/C26H24NOP/c1-27(2)29(28)25(23-15-7-11-19-9-3-5-13-21(19)23)17-18-26(29)24-16-8-12-20-10-4-6-14-22(20)24/h3-18,25-26H,1-2H3/t25-,26+,29-. The van der Waals surface area contributed by atoms with Crippen LogP contribution in [0.4, 0.5) is 0 Å². The predicted octanol–water partition coefficient (Wildman–Crippen LogP) is 7.18. The lowest BCUT2D eigenvalue weighted by Crippen LogP contribution is -2.15. The zero-order valence-electron chi connectivity index (χ0n) is 16.7. The van der Waals surface area contributed by atoms with E-state index in [0.717, 1.165) is 11.1 Å². The van der Waals surface area contributed by atoms with E-state index in [1.165, 1.54) is 21.5 Å². The maximum absolute atomic E-state index is 14.7. The van der Waals surface area contributed by atoms with Crippen LogP contribution in [0.5, 0.6) is 0 Å². The Morgan fingerprint density at radius 2 is 1.03 bits per heavy atom. The molecular weight excluding hydrogens is 373 g/mol. The van der Waals surface area contributed by atoms with E-state index in [1.807, 2.05) is 18.8 Å². The van der Waals surface area contributed by atoms with E-state index in [0.29, 0.717) is 0 Å². The highest BCUT2D eigenvalue weighted by Crippen LogP contribution is 2.75. The number of rotatable bonds is 3. The Hall–Kier alpha value is -2.67. The van der Waals surface area contributed by atoms with Crippen molar-refractivity contribution in [3.63, 3.8) is 0 Å². The third-order valence-corrected chi connectivity index (χ3v) is 9.93. The molecule has 1 aliphatic rings. The maximum Gasteiger partial charge on any atom is 0.171 e. The summed E-state index contributed by atoms with van der Waals surface area (Å²) in [6.45, 7) is 0. The Labute approximate surface area is 171 Å². The molecule has 3 heteroatoms. The summed E-state index contributed by atoms with van der Waals surface area (Å²) in [5.41, 5.74) is 2.07. The van der Waals surface area contributed by atoms with Gasteiger partial charge in [0.25, 0.3) is 0 Å². The molecule has 2 nitrogen and oxygen atoms in total. The first kappa shape index (κ1) is 18.4. The van der Waals surface area contributed by atoms with Crippen molar-refractivity contribution in [3.05, 3.63) is 108 Å². The van der Waals surface area contributed by atoms with Crippen LogP contribution in [0.2, 0.25) is 0 Å². The van der Waals surface area contributed by atoms with E-state index >= 15 is 0 Å². The molecule has 0 radical (unpaired) electrons. The molecule has 0 aromatic heterocycles. The number of nitrogens with zero attached hydrogens (tertiary/aromatic N) is 1. The number of fused-ring (bicyclic) bond motifs is 2. The lowest BCUT2D eigenvalue weighted by atomic mass is 10.0. The highest BCUT2D eigenvalue weighted by molar-refractivity contribution is 7.63. The van der Waals surface area contributed by atoms with Crippen LogP contribution in [0, 0.1) is 0 Å². The van der Waals surface area contributed by atoms with Gasteiger partial charge in [0.1, 0.15) is 0 Å². The lowest BCUT2D eigenvalue weighted by Gasteiger charge is -2.33. The number of allylic oxidation sites excluding steroid dienone is 2. The first-order chi connectivity index (χ1) is 14.1. The Morgan fingerprint density at radius 1 is 0.621 bits per heavy atom. The second-order valence-electron chi connectivity index (χ2n) is 7.93. The Bertz CT molecular complexity index is 1190. The van der Waals surface area contributed by atoms with Crippen molar-refractivity contribution in [2.75, 3.05) is 14.1 Å². The molecule has 144 valence electrons. The minimum absolute atomic E-state index is 0.118. The first-order valence-electron chi connectivity index (χ1n) is 10.0. The van der Waals surface area contributed by atoms with Gasteiger partial charge in [0.05, 0.1) is 11.3 Å². The summed E-state index contributed by atoms with van der Waals surface area (Å²) < 4.78 is 16.7. The van der Waals surface area contributed by atoms with Gasteiger partial charge in [-0.2, -0.15) is 0 Å². The molecule has 1 aliphatic heterocycles. The quantitative estimate of drug-likeness (QED) is 0.269. The highest BCUT2D eigenvalue weighted by Gasteiger charge is 2.46. The van der Waals surface area contributed by atoms with Gasteiger partial charge in [-0.05, 0) is 46.8 Å². The van der Waals surface area contributed by atoms with Gasteiger partial charge in [0.15, 0.2) is 7.29 Å². The Balaban J connectivity index is 1.71. The molecule has 0 unspecified atom stereocenters. The van der Waals surface area contributed by atoms with Crippen LogP contribution in [0.1, 0.15) is 22.4 Å². The first-order valence-corrected chi connectivity index (χ1v) is 11.8. The molecule has 4 aromatic carbocycles. The predicted molar refractivity (Wildman–Crippen MR) is 124 cm³/mol. The van der Waals surface area contributed by atoms with Crippen LogP contribution >= 0.6 is 7.29 Å². The third kappa shape index (κ3) is 2.79. The van der Waals surface area contributed by atoms with Crippen LogP contribution in [0.25, 0.3) is 21.5 Å². The minimum Gasteiger partial charge on any atom is -0.305 e. The van der Waals surface area contributed by atoms with Crippen LogP contribution in [-0.2, 0) is 4.57 Å². The summed E-state index contributed by atoms with van der Waals surface area (Å²) in [7, 11) is 1.13. The van der Waals surface area contributed by atoms with Crippen molar-refractivity contribution in [3.8, 4) is 0 Å². The fraction of sp³-hybridized carbons (Fsp3) is 0.154. The largest absolute Gasteiger partial charge is 0.305 e. The molecule has 4 aromatic rings. The molecule has 29 heavy (non-hydrogen) atoms. The monoisotopic (exact) mass is 397 g/mol. The smallest absolute Gasteiger partial charge is 0.171 e. The normalized spacial score (nSPS) is 24.0. The zero-order valence-corrected chi connectivity index (χ0v) is 17.6. The topological polar surface area (TPSA) is 20.3 Å².